The van der Waals surface area contributed by atoms with Crippen LogP contribution >= 0.6 is 11.3 Å². The van der Waals surface area contributed by atoms with Gasteiger partial charge in [-0.05, 0) is 48.1 Å². The number of nitrogens with zero attached hydrogens (tertiary/aromatic N) is 2. The molecular formula is C16H19N2O2S+. The van der Waals surface area contributed by atoms with Gasteiger partial charge in [0, 0.05) is 11.2 Å². The van der Waals surface area contributed by atoms with Crippen molar-refractivity contribution in [3.63, 3.8) is 0 Å². The molecule has 0 saturated carbocycles. The second kappa shape index (κ2) is 7.04. The van der Waals surface area contributed by atoms with Crippen LogP contribution < -0.4 is 14.2 Å². The van der Waals surface area contributed by atoms with Crippen molar-refractivity contribution in [3.8, 4) is 11.5 Å². The van der Waals surface area contributed by atoms with Gasteiger partial charge in [-0.1, -0.05) is 17.3 Å². The summed E-state index contributed by atoms with van der Waals surface area (Å²) in [5.74, 6) is 1.45. The SMILES string of the molecule is C=CC[n+]1nc(C)sc1C=Cc1ccc(OC)c(OC)c1. The van der Waals surface area contributed by atoms with Crippen LogP contribution in [0.5, 0.6) is 11.5 Å². The summed E-state index contributed by atoms with van der Waals surface area (Å²) in [4.78, 5) is 0. The minimum Gasteiger partial charge on any atom is -0.493 e. The topological polar surface area (TPSA) is 35.2 Å². The molecule has 0 saturated heterocycles. The molecule has 0 unspecified atom stereocenters. The molecule has 1 aromatic carbocycles. The van der Waals surface area contributed by atoms with E-state index in [0.29, 0.717) is 6.54 Å². The maximum atomic E-state index is 5.31. The molecule has 0 radical (unpaired) electrons. The van der Waals surface area contributed by atoms with Crippen molar-refractivity contribution < 1.29 is 14.2 Å². The second-order valence-electron chi connectivity index (χ2n) is 4.38. The Morgan fingerprint density at radius 1 is 1.24 bits per heavy atom. The molecule has 0 bridgehead atoms. The first-order valence-electron chi connectivity index (χ1n) is 6.56. The number of aryl methyl sites for hydroxylation is 1. The van der Waals surface area contributed by atoms with Crippen molar-refractivity contribution in [2.45, 2.75) is 13.5 Å². The van der Waals surface area contributed by atoms with E-state index in [2.05, 4.69) is 17.8 Å². The molecule has 2 rings (SSSR count). The third kappa shape index (κ3) is 3.70. The van der Waals surface area contributed by atoms with Crippen molar-refractivity contribution in [1.82, 2.24) is 5.10 Å². The van der Waals surface area contributed by atoms with E-state index in [1.165, 1.54) is 0 Å². The van der Waals surface area contributed by atoms with E-state index in [9.17, 15) is 0 Å². The van der Waals surface area contributed by atoms with E-state index < -0.39 is 0 Å². The Balaban J connectivity index is 2.27. The molecule has 21 heavy (non-hydrogen) atoms. The van der Waals surface area contributed by atoms with Crippen molar-refractivity contribution in [3.05, 3.63) is 46.4 Å². The highest BCUT2D eigenvalue weighted by Gasteiger charge is 2.13. The fourth-order valence-corrected chi connectivity index (χ4v) is 2.74. The van der Waals surface area contributed by atoms with Crippen LogP contribution in [0.15, 0.2) is 30.9 Å². The number of benzene rings is 1. The third-order valence-corrected chi connectivity index (χ3v) is 3.83. The normalized spacial score (nSPS) is 10.8. The van der Waals surface area contributed by atoms with Crippen LogP contribution in [-0.4, -0.2) is 19.3 Å². The van der Waals surface area contributed by atoms with Gasteiger partial charge in [0.2, 0.25) is 0 Å². The van der Waals surface area contributed by atoms with E-state index in [-0.39, 0.29) is 0 Å². The summed E-state index contributed by atoms with van der Waals surface area (Å²) in [5.41, 5.74) is 1.05. The van der Waals surface area contributed by atoms with E-state index >= 15 is 0 Å². The Bertz CT molecular complexity index is 662. The lowest BCUT2D eigenvalue weighted by Crippen LogP contribution is -2.37. The fourth-order valence-electron chi connectivity index (χ4n) is 1.94. The Morgan fingerprint density at radius 3 is 2.67 bits per heavy atom. The molecule has 0 aliphatic carbocycles. The van der Waals surface area contributed by atoms with E-state index in [1.54, 1.807) is 25.6 Å². The highest BCUT2D eigenvalue weighted by molar-refractivity contribution is 7.11. The van der Waals surface area contributed by atoms with Gasteiger partial charge in [-0.3, -0.25) is 0 Å². The summed E-state index contributed by atoms with van der Waals surface area (Å²) < 4.78 is 12.5. The van der Waals surface area contributed by atoms with Gasteiger partial charge in [-0.2, -0.15) is 0 Å². The third-order valence-electron chi connectivity index (χ3n) is 2.90. The molecule has 0 atom stereocenters. The number of allylic oxidation sites excluding steroid dienone is 1. The molecule has 1 aromatic heterocycles. The summed E-state index contributed by atoms with van der Waals surface area (Å²) in [6, 6.07) is 5.83. The molecule has 4 nitrogen and oxygen atoms in total. The first-order chi connectivity index (χ1) is 10.2. The molecule has 0 amide bonds. The Kier molecular flexibility index (Phi) is 5.11. The smallest absolute Gasteiger partial charge is 0.289 e. The van der Waals surface area contributed by atoms with Crippen LogP contribution in [0.2, 0.25) is 0 Å². The predicted molar refractivity (Wildman–Crippen MR) is 85.7 cm³/mol. The number of hydrogen-bond acceptors (Lipinski definition) is 4. The van der Waals surface area contributed by atoms with Gasteiger partial charge >= 0.3 is 0 Å². The van der Waals surface area contributed by atoms with Gasteiger partial charge in [-0.15, -0.1) is 0 Å². The van der Waals surface area contributed by atoms with Gasteiger partial charge in [0.15, 0.2) is 23.1 Å². The number of methoxy groups -OCH3 is 2. The summed E-state index contributed by atoms with van der Waals surface area (Å²) >= 11 is 1.65. The van der Waals surface area contributed by atoms with Crippen LogP contribution in [0.25, 0.3) is 12.2 Å². The van der Waals surface area contributed by atoms with Crippen LogP contribution in [0.3, 0.4) is 0 Å². The maximum absolute atomic E-state index is 5.31. The first kappa shape index (κ1) is 15.3. The molecule has 0 fully saturated rings. The van der Waals surface area contributed by atoms with Crippen LogP contribution in [0.4, 0.5) is 0 Å². The van der Waals surface area contributed by atoms with Gasteiger partial charge in [0.1, 0.15) is 0 Å². The van der Waals surface area contributed by atoms with Crippen LogP contribution in [0, 0.1) is 6.92 Å². The summed E-state index contributed by atoms with van der Waals surface area (Å²) in [6.07, 6.45) is 5.93. The molecule has 110 valence electrons. The number of ether oxygens (including phenoxy) is 2. The molecule has 0 N–H and O–H groups in total. The zero-order valence-corrected chi connectivity index (χ0v) is 13.3. The number of aromatic nitrogens is 2. The fraction of sp³-hybridized carbons (Fsp3) is 0.250. The highest BCUT2D eigenvalue weighted by Crippen LogP contribution is 2.28. The summed E-state index contributed by atoms with van der Waals surface area (Å²) in [5, 5.41) is 6.56. The average Bonchev–Trinajstić information content (AvgIpc) is 2.85. The highest BCUT2D eigenvalue weighted by atomic mass is 32.1. The predicted octanol–water partition coefficient (Wildman–Crippen LogP) is 3.11. The molecule has 0 spiro atoms. The van der Waals surface area contributed by atoms with Crippen molar-refractivity contribution in [2.24, 2.45) is 0 Å². The largest absolute Gasteiger partial charge is 0.493 e. The minimum absolute atomic E-state index is 0.704. The average molecular weight is 303 g/mol. The van der Waals surface area contributed by atoms with E-state index in [0.717, 1.165) is 27.1 Å². The molecule has 2 aromatic rings. The van der Waals surface area contributed by atoms with E-state index in [4.69, 9.17) is 9.47 Å². The Morgan fingerprint density at radius 2 is 2.00 bits per heavy atom. The monoisotopic (exact) mass is 303 g/mol. The lowest BCUT2D eigenvalue weighted by Gasteiger charge is -2.07. The lowest BCUT2D eigenvalue weighted by molar-refractivity contribution is -0.741. The number of rotatable bonds is 6. The molecular weight excluding hydrogens is 284 g/mol. The van der Waals surface area contributed by atoms with Gasteiger partial charge < -0.3 is 9.47 Å². The Labute approximate surface area is 129 Å². The van der Waals surface area contributed by atoms with Crippen LogP contribution in [0.1, 0.15) is 15.6 Å². The van der Waals surface area contributed by atoms with Crippen molar-refractivity contribution >= 4 is 23.5 Å². The summed E-state index contributed by atoms with van der Waals surface area (Å²) in [6.45, 7) is 6.46. The zero-order valence-electron chi connectivity index (χ0n) is 12.5. The van der Waals surface area contributed by atoms with Gasteiger partial charge in [-0.25, -0.2) is 0 Å². The standard InChI is InChI=1S/C16H19N2O2S/c1-5-10-18-16(21-12(2)17-18)9-7-13-6-8-14(19-3)15(11-13)20-4/h5-9,11H,1,10H2,2-4H3/q+1. The van der Waals surface area contributed by atoms with Crippen molar-refractivity contribution in [2.75, 3.05) is 14.2 Å². The van der Waals surface area contributed by atoms with Gasteiger partial charge in [0.25, 0.3) is 5.01 Å². The van der Waals surface area contributed by atoms with E-state index in [1.807, 2.05) is 42.0 Å². The quantitative estimate of drug-likeness (QED) is 0.607. The molecule has 5 heteroatoms. The van der Waals surface area contributed by atoms with Crippen molar-refractivity contribution in [1.29, 1.82) is 0 Å². The molecule has 1 heterocycles. The summed E-state index contributed by atoms with van der Waals surface area (Å²) in [7, 11) is 3.27. The van der Waals surface area contributed by atoms with Crippen LogP contribution in [-0.2, 0) is 6.54 Å². The lowest BCUT2D eigenvalue weighted by atomic mass is 10.2. The second-order valence-corrected chi connectivity index (χ2v) is 5.59. The zero-order chi connectivity index (χ0) is 15.2. The first-order valence-corrected chi connectivity index (χ1v) is 7.38. The minimum atomic E-state index is 0.704. The van der Waals surface area contributed by atoms with Gasteiger partial charge in [0.05, 0.1) is 14.2 Å². The number of hydrogen-bond donors (Lipinski definition) is 0. The Hall–Kier alpha value is -2.14. The maximum Gasteiger partial charge on any atom is 0.289 e. The molecule has 0 aliphatic rings. The molecule has 0 aliphatic heterocycles.